The molecule has 2 heteroatoms. The molecule has 0 saturated carbocycles. The molecule has 9 aromatic rings. The first-order valence-electron chi connectivity index (χ1n) is 20.4. The van der Waals surface area contributed by atoms with Crippen molar-refractivity contribution in [3.05, 3.63) is 216 Å². The molecule has 0 spiro atoms. The predicted octanol–water partition coefficient (Wildman–Crippen LogP) is 15.5. The van der Waals surface area contributed by atoms with E-state index in [0.717, 1.165) is 22.7 Å². The van der Waals surface area contributed by atoms with Crippen LogP contribution >= 0.6 is 0 Å². The first-order valence-corrected chi connectivity index (χ1v) is 20.4. The summed E-state index contributed by atoms with van der Waals surface area (Å²) < 4.78 is 0. The number of benzene rings is 9. The van der Waals surface area contributed by atoms with Gasteiger partial charge in [-0.25, -0.2) is 0 Å². The molecule has 278 valence electrons. The summed E-state index contributed by atoms with van der Waals surface area (Å²) in [6, 6.07) is 72.0. The molecule has 1 heterocycles. The average Bonchev–Trinajstić information content (AvgIpc) is 3.49. The Hall–Kier alpha value is -6.90. The Labute approximate surface area is 341 Å². The molecule has 2 nitrogen and oxygen atoms in total. The Morgan fingerprint density at radius 2 is 0.983 bits per heavy atom. The van der Waals surface area contributed by atoms with E-state index < -0.39 is 0 Å². The highest BCUT2D eigenvalue weighted by Crippen LogP contribution is 2.58. The number of nitrogens with zero attached hydrogens (tertiary/aromatic N) is 2. The lowest BCUT2D eigenvalue weighted by atomic mass is 9.72. The van der Waals surface area contributed by atoms with Crippen LogP contribution in [0.2, 0.25) is 0 Å². The third kappa shape index (κ3) is 5.04. The van der Waals surface area contributed by atoms with Gasteiger partial charge in [0.15, 0.2) is 0 Å². The van der Waals surface area contributed by atoms with Crippen LogP contribution in [0.1, 0.15) is 49.9 Å². The van der Waals surface area contributed by atoms with Crippen molar-refractivity contribution < 1.29 is 0 Å². The number of hydrogen-bond acceptors (Lipinski definition) is 2. The zero-order chi connectivity index (χ0) is 39.2. The van der Waals surface area contributed by atoms with E-state index in [1.165, 1.54) is 77.4 Å². The second-order valence-corrected chi connectivity index (χ2v) is 17.0. The first kappa shape index (κ1) is 34.4. The number of hydrogen-bond donors (Lipinski definition) is 0. The van der Waals surface area contributed by atoms with Gasteiger partial charge in [-0.3, -0.25) is 0 Å². The van der Waals surface area contributed by atoms with Crippen molar-refractivity contribution >= 4 is 55.7 Å². The number of fused-ring (bicyclic) bond motifs is 7. The summed E-state index contributed by atoms with van der Waals surface area (Å²) in [7, 11) is 0. The lowest BCUT2D eigenvalue weighted by Crippen LogP contribution is -2.31. The van der Waals surface area contributed by atoms with E-state index in [9.17, 15) is 0 Å². The summed E-state index contributed by atoms with van der Waals surface area (Å²) in [6.07, 6.45) is 0. The fraction of sp³-hybridized carbons (Fsp3) is 0.107. The molecule has 0 N–H and O–H groups in total. The Morgan fingerprint density at radius 3 is 1.81 bits per heavy atom. The largest absolute Gasteiger partial charge is 0.308 e. The van der Waals surface area contributed by atoms with E-state index in [1.807, 2.05) is 0 Å². The minimum Gasteiger partial charge on any atom is -0.308 e. The smallest absolute Gasteiger partial charge is 0.0781 e. The molecule has 0 aromatic heterocycles. The fourth-order valence-electron chi connectivity index (χ4n) is 10.1. The van der Waals surface area contributed by atoms with Gasteiger partial charge in [0.25, 0.3) is 0 Å². The molecule has 0 radical (unpaired) electrons. The molecule has 0 bridgehead atoms. The second-order valence-electron chi connectivity index (χ2n) is 17.0. The van der Waals surface area contributed by atoms with Gasteiger partial charge in [0.2, 0.25) is 0 Å². The molecule has 0 fully saturated rings. The Bertz CT molecular complexity index is 3080. The minimum atomic E-state index is -0.256. The van der Waals surface area contributed by atoms with Gasteiger partial charge in [-0.2, -0.15) is 0 Å². The second kappa shape index (κ2) is 12.8. The zero-order valence-corrected chi connectivity index (χ0v) is 33.4. The molecule has 58 heavy (non-hydrogen) atoms. The molecule has 0 atom stereocenters. The third-order valence-corrected chi connectivity index (χ3v) is 13.0. The van der Waals surface area contributed by atoms with E-state index in [2.05, 4.69) is 232 Å². The SMILES string of the molecule is CC1(C)c2ccccc2-c2ccc(N(c3ccccc3)c3ccc4ccccc4c3N3c4ccccc4C(C)(C)c4cc(-c5cccc6ccccc56)ccc43)cc21. The van der Waals surface area contributed by atoms with Crippen molar-refractivity contribution in [3.8, 4) is 22.3 Å². The minimum absolute atomic E-state index is 0.130. The van der Waals surface area contributed by atoms with E-state index in [1.54, 1.807) is 0 Å². The molecular weight excluding hydrogens is 701 g/mol. The van der Waals surface area contributed by atoms with Crippen LogP contribution in [0, 0.1) is 0 Å². The van der Waals surface area contributed by atoms with Gasteiger partial charge in [0.05, 0.1) is 22.7 Å². The standard InChI is InChI=1S/C56H44N2/c1-55(2)47-26-13-12-24-45(47)46-32-31-41(36-49(46)55)57(40-20-6-5-7-21-40)53-34-29-38-18-9-11-23-44(38)54(53)58-51-28-15-14-27-48(51)56(3,4)50-35-39(30-33-52(50)58)43-25-16-19-37-17-8-10-22-42(37)43/h5-36H,1-4H3. The van der Waals surface area contributed by atoms with Crippen molar-refractivity contribution in [2.45, 2.75) is 38.5 Å². The lowest BCUT2D eigenvalue weighted by molar-refractivity contribution is 0.632. The van der Waals surface area contributed by atoms with Crippen molar-refractivity contribution in [3.63, 3.8) is 0 Å². The predicted molar refractivity (Wildman–Crippen MR) is 246 cm³/mol. The zero-order valence-electron chi connectivity index (χ0n) is 33.4. The highest BCUT2D eigenvalue weighted by atomic mass is 15.2. The number of anilines is 6. The molecular formula is C56H44N2. The number of para-hydroxylation sites is 2. The van der Waals surface area contributed by atoms with Crippen LogP contribution < -0.4 is 9.80 Å². The average molecular weight is 745 g/mol. The van der Waals surface area contributed by atoms with Crippen LogP contribution in [0.25, 0.3) is 43.8 Å². The Morgan fingerprint density at radius 1 is 0.379 bits per heavy atom. The quantitative estimate of drug-likeness (QED) is 0.173. The highest BCUT2D eigenvalue weighted by Gasteiger charge is 2.40. The first-order chi connectivity index (χ1) is 28.3. The molecule has 0 unspecified atom stereocenters. The van der Waals surface area contributed by atoms with Crippen LogP contribution in [0.15, 0.2) is 194 Å². The third-order valence-electron chi connectivity index (χ3n) is 13.0. The van der Waals surface area contributed by atoms with Crippen molar-refractivity contribution in [1.82, 2.24) is 0 Å². The molecule has 0 amide bonds. The Balaban J connectivity index is 1.19. The monoisotopic (exact) mass is 744 g/mol. The van der Waals surface area contributed by atoms with Gasteiger partial charge in [-0.15, -0.1) is 0 Å². The molecule has 1 aliphatic heterocycles. The summed E-state index contributed by atoms with van der Waals surface area (Å²) in [6.45, 7) is 9.51. The van der Waals surface area contributed by atoms with Gasteiger partial charge in [-0.1, -0.05) is 173 Å². The van der Waals surface area contributed by atoms with Crippen LogP contribution in [-0.2, 0) is 10.8 Å². The van der Waals surface area contributed by atoms with Gasteiger partial charge in [0, 0.05) is 27.6 Å². The summed E-state index contributed by atoms with van der Waals surface area (Å²) in [4.78, 5) is 5.04. The number of rotatable bonds is 5. The normalized spacial score (nSPS) is 14.4. The van der Waals surface area contributed by atoms with Gasteiger partial charge in [-0.05, 0) is 109 Å². The fourth-order valence-corrected chi connectivity index (χ4v) is 10.1. The van der Waals surface area contributed by atoms with E-state index >= 15 is 0 Å². The summed E-state index contributed by atoms with van der Waals surface area (Å²) >= 11 is 0. The summed E-state index contributed by atoms with van der Waals surface area (Å²) in [5.41, 5.74) is 17.0. The van der Waals surface area contributed by atoms with Gasteiger partial charge < -0.3 is 9.80 Å². The van der Waals surface area contributed by atoms with E-state index in [-0.39, 0.29) is 10.8 Å². The lowest BCUT2D eigenvalue weighted by Gasteiger charge is -2.44. The van der Waals surface area contributed by atoms with Crippen molar-refractivity contribution in [1.29, 1.82) is 0 Å². The van der Waals surface area contributed by atoms with Crippen LogP contribution in [0.5, 0.6) is 0 Å². The molecule has 11 rings (SSSR count). The van der Waals surface area contributed by atoms with Crippen LogP contribution in [0.4, 0.5) is 34.1 Å². The van der Waals surface area contributed by atoms with Gasteiger partial charge >= 0.3 is 0 Å². The van der Waals surface area contributed by atoms with E-state index in [0.29, 0.717) is 0 Å². The maximum absolute atomic E-state index is 2.56. The van der Waals surface area contributed by atoms with Crippen molar-refractivity contribution in [2.24, 2.45) is 0 Å². The van der Waals surface area contributed by atoms with Crippen LogP contribution in [-0.4, -0.2) is 0 Å². The maximum atomic E-state index is 2.56. The van der Waals surface area contributed by atoms with Gasteiger partial charge in [0.1, 0.15) is 0 Å². The topological polar surface area (TPSA) is 6.48 Å². The highest BCUT2D eigenvalue weighted by molar-refractivity contribution is 6.09. The molecule has 2 aliphatic rings. The summed E-state index contributed by atoms with van der Waals surface area (Å²) in [5, 5.41) is 4.93. The Kier molecular flexibility index (Phi) is 7.59. The molecule has 9 aromatic carbocycles. The van der Waals surface area contributed by atoms with Crippen LogP contribution in [0.3, 0.4) is 0 Å². The maximum Gasteiger partial charge on any atom is 0.0781 e. The van der Waals surface area contributed by atoms with E-state index in [4.69, 9.17) is 0 Å². The van der Waals surface area contributed by atoms with Crippen molar-refractivity contribution in [2.75, 3.05) is 9.80 Å². The summed E-state index contributed by atoms with van der Waals surface area (Å²) in [5.74, 6) is 0. The molecule has 1 aliphatic carbocycles. The molecule has 0 saturated heterocycles.